The molecule has 0 aliphatic heterocycles. The zero-order valence-corrected chi connectivity index (χ0v) is 9.92. The summed E-state index contributed by atoms with van der Waals surface area (Å²) in [5.41, 5.74) is 5.31. The van der Waals surface area contributed by atoms with Gasteiger partial charge in [0.1, 0.15) is 6.04 Å². The molecule has 0 aromatic carbocycles. The fourth-order valence-electron chi connectivity index (χ4n) is 0.831. The average Bonchev–Trinajstić information content (AvgIpc) is 2.16. The van der Waals surface area contributed by atoms with Gasteiger partial charge in [0.15, 0.2) is 0 Å². The molecule has 0 radical (unpaired) electrons. The third kappa shape index (κ3) is 7.21. The van der Waals surface area contributed by atoms with Crippen molar-refractivity contribution >= 4 is 23.6 Å². The lowest BCUT2D eigenvalue weighted by atomic mass is 10.3. The topological polar surface area (TPSA) is 83.6 Å². The van der Waals surface area contributed by atoms with Crippen LogP contribution in [0.2, 0.25) is 0 Å². The Labute approximate surface area is 94.0 Å². The number of carboxylic acids is 1. The van der Waals surface area contributed by atoms with E-state index in [1.165, 1.54) is 11.8 Å². The fraction of sp³-hybridized carbons (Fsp3) is 0.778. The summed E-state index contributed by atoms with van der Waals surface area (Å²) in [7, 11) is 3.44. The predicted molar refractivity (Wildman–Crippen MR) is 60.9 cm³/mol. The van der Waals surface area contributed by atoms with Crippen molar-refractivity contribution in [3.63, 3.8) is 0 Å². The van der Waals surface area contributed by atoms with E-state index in [1.807, 2.05) is 0 Å². The molecule has 88 valence electrons. The van der Waals surface area contributed by atoms with Crippen molar-refractivity contribution in [3.8, 4) is 0 Å². The Balaban J connectivity index is 3.40. The highest BCUT2D eigenvalue weighted by Crippen LogP contribution is 2.06. The number of hydrogen-bond donors (Lipinski definition) is 2. The van der Waals surface area contributed by atoms with Gasteiger partial charge in [0.2, 0.25) is 5.91 Å². The molecule has 0 fully saturated rings. The minimum absolute atomic E-state index is 0.0955. The van der Waals surface area contributed by atoms with Gasteiger partial charge in [0, 0.05) is 26.3 Å². The molecule has 1 amide bonds. The molecule has 0 saturated carbocycles. The third-order valence-electron chi connectivity index (χ3n) is 1.79. The largest absolute Gasteiger partial charge is 0.480 e. The molecule has 3 N–H and O–H groups in total. The smallest absolute Gasteiger partial charge is 0.321 e. The number of nitrogens with two attached hydrogens (primary N) is 1. The molecule has 0 spiro atoms. The molecule has 0 heterocycles. The first-order valence-corrected chi connectivity index (χ1v) is 5.87. The average molecular weight is 234 g/mol. The van der Waals surface area contributed by atoms with Gasteiger partial charge in [-0.05, 0) is 12.2 Å². The van der Waals surface area contributed by atoms with Crippen LogP contribution < -0.4 is 5.73 Å². The van der Waals surface area contributed by atoms with E-state index in [9.17, 15) is 9.59 Å². The van der Waals surface area contributed by atoms with Crippen LogP contribution in [0.25, 0.3) is 0 Å². The van der Waals surface area contributed by atoms with Gasteiger partial charge >= 0.3 is 5.97 Å². The molecule has 0 rings (SSSR count). The van der Waals surface area contributed by atoms with Crippen molar-refractivity contribution in [3.05, 3.63) is 0 Å². The summed E-state index contributed by atoms with van der Waals surface area (Å²) >= 11 is 1.47. The van der Waals surface area contributed by atoms with Crippen LogP contribution in [0.1, 0.15) is 12.8 Å². The van der Waals surface area contributed by atoms with Crippen LogP contribution in [-0.2, 0) is 9.59 Å². The van der Waals surface area contributed by atoms with Gasteiger partial charge in [0.25, 0.3) is 0 Å². The first-order chi connectivity index (χ1) is 6.95. The summed E-state index contributed by atoms with van der Waals surface area (Å²) in [5, 5.41) is 8.50. The number of hydrogen-bond acceptors (Lipinski definition) is 4. The predicted octanol–water partition coefficient (Wildman–Crippen LogP) is -0.0001000. The van der Waals surface area contributed by atoms with Gasteiger partial charge in [-0.3, -0.25) is 9.59 Å². The van der Waals surface area contributed by atoms with Gasteiger partial charge in [-0.15, -0.1) is 0 Å². The maximum absolute atomic E-state index is 11.1. The quantitative estimate of drug-likeness (QED) is 0.606. The van der Waals surface area contributed by atoms with Crippen LogP contribution in [-0.4, -0.2) is 53.5 Å². The van der Waals surface area contributed by atoms with Gasteiger partial charge in [0.05, 0.1) is 0 Å². The summed E-state index contributed by atoms with van der Waals surface area (Å²) < 4.78 is 0. The number of carbonyl (C=O) groups excluding carboxylic acids is 1. The maximum atomic E-state index is 11.1. The number of rotatable bonds is 7. The minimum atomic E-state index is -0.980. The van der Waals surface area contributed by atoms with Crippen LogP contribution in [0.5, 0.6) is 0 Å². The van der Waals surface area contributed by atoms with E-state index < -0.39 is 12.0 Å². The van der Waals surface area contributed by atoms with Crippen LogP contribution in [0.4, 0.5) is 0 Å². The van der Waals surface area contributed by atoms with Crippen molar-refractivity contribution in [2.75, 3.05) is 25.6 Å². The number of nitrogens with zero attached hydrogens (tertiary/aromatic N) is 1. The summed E-state index contributed by atoms with van der Waals surface area (Å²) in [6.45, 7) is 0. The lowest BCUT2D eigenvalue weighted by Crippen LogP contribution is -2.32. The molecule has 0 aromatic heterocycles. The van der Waals surface area contributed by atoms with E-state index in [0.29, 0.717) is 12.2 Å². The molecule has 0 saturated heterocycles. The summed E-state index contributed by atoms with van der Waals surface area (Å²) in [6, 6.07) is -0.806. The van der Waals surface area contributed by atoms with Crippen molar-refractivity contribution in [1.82, 2.24) is 4.90 Å². The second-order valence-electron chi connectivity index (χ2n) is 3.41. The van der Waals surface area contributed by atoms with Gasteiger partial charge in [-0.25, -0.2) is 0 Å². The monoisotopic (exact) mass is 234 g/mol. The van der Waals surface area contributed by atoms with Crippen molar-refractivity contribution in [1.29, 1.82) is 0 Å². The number of aliphatic carboxylic acids is 1. The molecule has 0 bridgehead atoms. The van der Waals surface area contributed by atoms with Crippen molar-refractivity contribution < 1.29 is 14.7 Å². The number of amides is 1. The Morgan fingerprint density at radius 1 is 1.47 bits per heavy atom. The molecule has 0 aliphatic carbocycles. The van der Waals surface area contributed by atoms with Crippen LogP contribution in [0.15, 0.2) is 0 Å². The van der Waals surface area contributed by atoms with E-state index >= 15 is 0 Å². The highest BCUT2D eigenvalue weighted by atomic mass is 32.2. The summed E-state index contributed by atoms with van der Waals surface area (Å²) in [5.74, 6) is 0.275. The Hall–Kier alpha value is -0.750. The Morgan fingerprint density at radius 2 is 2.07 bits per heavy atom. The first-order valence-electron chi connectivity index (χ1n) is 4.71. The molecular formula is C9H18N2O3S. The van der Waals surface area contributed by atoms with Gasteiger partial charge in [-0.1, -0.05) is 0 Å². The summed E-state index contributed by atoms with van der Waals surface area (Å²) in [4.78, 5) is 23.1. The highest BCUT2D eigenvalue weighted by Gasteiger charge is 2.10. The fourth-order valence-corrected chi connectivity index (χ4v) is 1.74. The standard InChI is InChI=1S/C9H18N2O3S/c1-11(2)8(12)4-3-5-15-6-7(10)9(13)14/h7H,3-6,10H2,1-2H3,(H,13,14)/t7-/m1/s1. The zero-order chi connectivity index (χ0) is 11.8. The number of carboxylic acid groups (broad SMARTS) is 1. The SMILES string of the molecule is CN(C)C(=O)CCCSC[C@@H](N)C(=O)O. The summed E-state index contributed by atoms with van der Waals surface area (Å²) in [6.07, 6.45) is 1.26. The van der Waals surface area contributed by atoms with E-state index in [4.69, 9.17) is 10.8 Å². The van der Waals surface area contributed by atoms with Crippen molar-refractivity contribution in [2.24, 2.45) is 5.73 Å². The van der Waals surface area contributed by atoms with Gasteiger partial charge < -0.3 is 15.7 Å². The lowest BCUT2D eigenvalue weighted by Gasteiger charge is -2.10. The Bertz CT molecular complexity index is 221. The molecule has 1 atom stereocenters. The number of thioether (sulfide) groups is 1. The van der Waals surface area contributed by atoms with Gasteiger partial charge in [-0.2, -0.15) is 11.8 Å². The van der Waals surface area contributed by atoms with Crippen LogP contribution >= 0.6 is 11.8 Å². The van der Waals surface area contributed by atoms with Crippen LogP contribution in [0.3, 0.4) is 0 Å². The van der Waals surface area contributed by atoms with E-state index in [2.05, 4.69) is 0 Å². The molecule has 0 aromatic rings. The molecule has 6 heteroatoms. The van der Waals surface area contributed by atoms with Crippen LogP contribution in [0, 0.1) is 0 Å². The number of carbonyl (C=O) groups is 2. The zero-order valence-electron chi connectivity index (χ0n) is 9.10. The molecule has 0 unspecified atom stereocenters. The maximum Gasteiger partial charge on any atom is 0.321 e. The lowest BCUT2D eigenvalue weighted by molar-refractivity contribution is -0.138. The molecular weight excluding hydrogens is 216 g/mol. The van der Waals surface area contributed by atoms with E-state index in [0.717, 1.165) is 12.2 Å². The second-order valence-corrected chi connectivity index (χ2v) is 4.56. The minimum Gasteiger partial charge on any atom is -0.480 e. The van der Waals surface area contributed by atoms with Crippen molar-refractivity contribution in [2.45, 2.75) is 18.9 Å². The highest BCUT2D eigenvalue weighted by molar-refractivity contribution is 7.99. The molecule has 5 nitrogen and oxygen atoms in total. The molecule has 0 aliphatic rings. The van der Waals surface area contributed by atoms with E-state index in [-0.39, 0.29) is 5.91 Å². The normalized spacial score (nSPS) is 12.2. The Kier molecular flexibility index (Phi) is 7.15. The molecule has 15 heavy (non-hydrogen) atoms. The van der Waals surface area contributed by atoms with E-state index in [1.54, 1.807) is 19.0 Å². The third-order valence-corrected chi connectivity index (χ3v) is 2.96. The first kappa shape index (κ1) is 14.2. The second kappa shape index (κ2) is 7.53. The Morgan fingerprint density at radius 3 is 2.53 bits per heavy atom.